The molecule has 0 saturated carbocycles. The van der Waals surface area contributed by atoms with Gasteiger partial charge < -0.3 is 14.5 Å². The van der Waals surface area contributed by atoms with Gasteiger partial charge >= 0.3 is 0 Å². The van der Waals surface area contributed by atoms with Gasteiger partial charge in [-0.3, -0.25) is 4.79 Å². The Morgan fingerprint density at radius 3 is 2.32 bits per heavy atom. The van der Waals surface area contributed by atoms with E-state index in [1.165, 1.54) is 7.11 Å². The van der Waals surface area contributed by atoms with Crippen molar-refractivity contribution in [1.29, 1.82) is 0 Å². The minimum absolute atomic E-state index is 0.488. The molecule has 112 valence electrons. The summed E-state index contributed by atoms with van der Waals surface area (Å²) in [5.41, 5.74) is 3.14. The van der Waals surface area contributed by atoms with Gasteiger partial charge in [-0.05, 0) is 23.8 Å². The number of benzene rings is 2. The molecule has 0 aliphatic heterocycles. The fraction of sp³-hybridized carbons (Fsp3) is 0.118. The highest BCUT2D eigenvalue weighted by molar-refractivity contribution is 9.10. The molecule has 2 aromatic carbocycles. The van der Waals surface area contributed by atoms with E-state index in [4.69, 9.17) is 9.47 Å². The third kappa shape index (κ3) is 2.37. The maximum absolute atomic E-state index is 11.4. The van der Waals surface area contributed by atoms with E-state index < -0.39 is 0 Å². The molecule has 1 N–H and O–H groups in total. The van der Waals surface area contributed by atoms with Crippen molar-refractivity contribution < 1.29 is 14.3 Å². The summed E-state index contributed by atoms with van der Waals surface area (Å²) in [6.45, 7) is 0. The van der Waals surface area contributed by atoms with Crippen LogP contribution in [0.1, 0.15) is 10.4 Å². The zero-order valence-electron chi connectivity index (χ0n) is 12.1. The quantitative estimate of drug-likeness (QED) is 0.701. The number of H-pyrrole nitrogens is 1. The molecule has 1 heterocycles. The largest absolute Gasteiger partial charge is 0.496 e. The van der Waals surface area contributed by atoms with E-state index in [1.54, 1.807) is 13.2 Å². The molecular weight excluding hydrogens is 346 g/mol. The smallest absolute Gasteiger partial charge is 0.155 e. The summed E-state index contributed by atoms with van der Waals surface area (Å²) in [4.78, 5) is 14.7. The van der Waals surface area contributed by atoms with E-state index >= 15 is 0 Å². The molecule has 5 heteroatoms. The number of hydrogen-bond acceptors (Lipinski definition) is 3. The van der Waals surface area contributed by atoms with Crippen LogP contribution in [-0.4, -0.2) is 25.5 Å². The maximum Gasteiger partial charge on any atom is 0.155 e. The van der Waals surface area contributed by atoms with Gasteiger partial charge in [0.05, 0.1) is 25.3 Å². The van der Waals surface area contributed by atoms with E-state index in [0.29, 0.717) is 22.6 Å². The van der Waals surface area contributed by atoms with Crippen molar-refractivity contribution in [2.24, 2.45) is 0 Å². The lowest BCUT2D eigenvalue weighted by Crippen LogP contribution is -1.94. The highest BCUT2D eigenvalue weighted by atomic mass is 79.9. The molecule has 0 amide bonds. The SMILES string of the molecule is COc1cc(OC)c2cc(-c3ccc(Br)cc3)[nH]c2c1C=O. The van der Waals surface area contributed by atoms with Crippen molar-refractivity contribution in [3.8, 4) is 22.8 Å². The van der Waals surface area contributed by atoms with Crippen LogP contribution >= 0.6 is 15.9 Å². The number of methoxy groups -OCH3 is 2. The van der Waals surface area contributed by atoms with Crippen LogP contribution in [0.5, 0.6) is 11.5 Å². The summed E-state index contributed by atoms with van der Waals surface area (Å²) >= 11 is 3.42. The number of rotatable bonds is 4. The van der Waals surface area contributed by atoms with Crippen LogP contribution in [0, 0.1) is 0 Å². The number of aromatic amines is 1. The Kier molecular flexibility index (Phi) is 3.90. The Balaban J connectivity index is 2.27. The van der Waals surface area contributed by atoms with Gasteiger partial charge in [-0.15, -0.1) is 0 Å². The first-order chi connectivity index (χ1) is 10.7. The molecule has 0 saturated heterocycles. The van der Waals surface area contributed by atoms with Gasteiger partial charge in [0.2, 0.25) is 0 Å². The minimum Gasteiger partial charge on any atom is -0.496 e. The number of carbonyl (C=O) groups excluding carboxylic acids is 1. The monoisotopic (exact) mass is 359 g/mol. The van der Waals surface area contributed by atoms with Crippen LogP contribution in [0.3, 0.4) is 0 Å². The highest BCUT2D eigenvalue weighted by Gasteiger charge is 2.16. The minimum atomic E-state index is 0.488. The average molecular weight is 360 g/mol. The van der Waals surface area contributed by atoms with E-state index in [0.717, 1.165) is 27.4 Å². The fourth-order valence-electron chi connectivity index (χ4n) is 2.50. The van der Waals surface area contributed by atoms with Crippen LogP contribution in [-0.2, 0) is 0 Å². The second-order valence-electron chi connectivity index (χ2n) is 4.79. The number of fused-ring (bicyclic) bond motifs is 1. The molecule has 1 aromatic heterocycles. The molecule has 0 atom stereocenters. The molecule has 3 aromatic rings. The summed E-state index contributed by atoms with van der Waals surface area (Å²) in [7, 11) is 3.13. The predicted molar refractivity (Wildman–Crippen MR) is 89.9 cm³/mol. The number of hydrogen-bond donors (Lipinski definition) is 1. The Labute approximate surface area is 136 Å². The lowest BCUT2D eigenvalue weighted by atomic mass is 10.1. The summed E-state index contributed by atoms with van der Waals surface area (Å²) in [6.07, 6.45) is 0.794. The summed E-state index contributed by atoms with van der Waals surface area (Å²) in [5, 5.41) is 0.850. The molecule has 0 aliphatic carbocycles. The Bertz CT molecular complexity index is 837. The standard InChI is InChI=1S/C17H14BrNO3/c1-21-15-8-16(22-2)13(9-20)17-12(15)7-14(19-17)10-3-5-11(18)6-4-10/h3-9,19H,1-2H3. The van der Waals surface area contributed by atoms with E-state index in [-0.39, 0.29) is 0 Å². The molecule has 3 rings (SSSR count). The summed E-state index contributed by atoms with van der Waals surface area (Å²) in [6, 6.07) is 11.6. The van der Waals surface area contributed by atoms with Crippen molar-refractivity contribution in [2.75, 3.05) is 14.2 Å². The van der Waals surface area contributed by atoms with Crippen molar-refractivity contribution in [3.05, 3.63) is 46.4 Å². The third-order valence-corrected chi connectivity index (χ3v) is 4.12. The topological polar surface area (TPSA) is 51.3 Å². The fourth-order valence-corrected chi connectivity index (χ4v) is 2.76. The number of carbonyl (C=O) groups is 1. The molecule has 0 aliphatic rings. The summed E-state index contributed by atoms with van der Waals surface area (Å²) in [5.74, 6) is 1.15. The second kappa shape index (κ2) is 5.85. The lowest BCUT2D eigenvalue weighted by Gasteiger charge is -2.08. The van der Waals surface area contributed by atoms with Crippen LogP contribution in [0.4, 0.5) is 0 Å². The van der Waals surface area contributed by atoms with Crippen molar-refractivity contribution in [2.45, 2.75) is 0 Å². The number of nitrogens with one attached hydrogen (secondary N) is 1. The van der Waals surface area contributed by atoms with Crippen LogP contribution in [0.15, 0.2) is 40.9 Å². The van der Waals surface area contributed by atoms with Gasteiger partial charge in [0.25, 0.3) is 0 Å². The maximum atomic E-state index is 11.4. The van der Waals surface area contributed by atoms with Crippen LogP contribution in [0.2, 0.25) is 0 Å². The third-order valence-electron chi connectivity index (χ3n) is 3.59. The lowest BCUT2D eigenvalue weighted by molar-refractivity contribution is 0.112. The number of aromatic nitrogens is 1. The first-order valence-electron chi connectivity index (χ1n) is 6.66. The number of aldehydes is 1. The molecule has 4 nitrogen and oxygen atoms in total. The Morgan fingerprint density at radius 2 is 1.73 bits per heavy atom. The normalized spacial score (nSPS) is 10.7. The molecule has 0 bridgehead atoms. The molecule has 0 radical (unpaired) electrons. The average Bonchev–Trinajstić information content (AvgIpc) is 2.98. The van der Waals surface area contributed by atoms with Gasteiger partial charge in [-0.25, -0.2) is 0 Å². The zero-order chi connectivity index (χ0) is 15.7. The van der Waals surface area contributed by atoms with E-state index in [2.05, 4.69) is 20.9 Å². The summed E-state index contributed by atoms with van der Waals surface area (Å²) < 4.78 is 11.7. The van der Waals surface area contributed by atoms with Gasteiger partial charge in [0.1, 0.15) is 11.5 Å². The van der Waals surface area contributed by atoms with Crippen LogP contribution in [0.25, 0.3) is 22.2 Å². The van der Waals surface area contributed by atoms with E-state index in [1.807, 2.05) is 30.3 Å². The first kappa shape index (κ1) is 14.7. The van der Waals surface area contributed by atoms with Crippen molar-refractivity contribution in [1.82, 2.24) is 4.98 Å². The van der Waals surface area contributed by atoms with Crippen molar-refractivity contribution in [3.63, 3.8) is 0 Å². The number of halogens is 1. The van der Waals surface area contributed by atoms with Crippen LogP contribution < -0.4 is 9.47 Å². The predicted octanol–water partition coefficient (Wildman–Crippen LogP) is 4.43. The van der Waals surface area contributed by atoms with Gasteiger partial charge in [-0.1, -0.05) is 28.1 Å². The first-order valence-corrected chi connectivity index (χ1v) is 7.46. The molecule has 0 unspecified atom stereocenters. The molecular formula is C17H14BrNO3. The zero-order valence-corrected chi connectivity index (χ0v) is 13.7. The molecule has 22 heavy (non-hydrogen) atoms. The van der Waals surface area contributed by atoms with Gasteiger partial charge in [0, 0.05) is 21.6 Å². The van der Waals surface area contributed by atoms with Crippen molar-refractivity contribution >= 4 is 33.1 Å². The molecule has 0 spiro atoms. The second-order valence-corrected chi connectivity index (χ2v) is 5.71. The highest BCUT2D eigenvalue weighted by Crippen LogP contribution is 2.37. The Hall–Kier alpha value is -2.27. The van der Waals surface area contributed by atoms with E-state index in [9.17, 15) is 4.79 Å². The van der Waals surface area contributed by atoms with Gasteiger partial charge in [0.15, 0.2) is 6.29 Å². The molecule has 0 fully saturated rings. The van der Waals surface area contributed by atoms with Gasteiger partial charge in [-0.2, -0.15) is 0 Å². The number of ether oxygens (including phenoxy) is 2. The Morgan fingerprint density at radius 1 is 1.05 bits per heavy atom.